The van der Waals surface area contributed by atoms with Gasteiger partial charge in [0.1, 0.15) is 0 Å². The Bertz CT molecular complexity index is 121. The normalized spacial score (nSPS) is 9.29. The Morgan fingerprint density at radius 3 is 3.00 bits per heavy atom. The van der Waals surface area contributed by atoms with Gasteiger partial charge >= 0.3 is 0 Å². The van der Waals surface area contributed by atoms with Crippen LogP contribution < -0.4 is 0 Å². The molecule has 0 atom stereocenters. The van der Waals surface area contributed by atoms with E-state index in [9.17, 15) is 0 Å². The van der Waals surface area contributed by atoms with Crippen LogP contribution in [0, 0.1) is 5.38 Å². The zero-order valence-corrected chi connectivity index (χ0v) is 5.43. The van der Waals surface area contributed by atoms with E-state index in [0.717, 1.165) is 5.75 Å². The third kappa shape index (κ3) is 1.21. The Kier molecular flexibility index (Phi) is 1.77. The minimum absolute atomic E-state index is 0.809. The lowest BCUT2D eigenvalue weighted by Crippen LogP contribution is -1.63. The molecule has 0 bridgehead atoms. The molecule has 0 aliphatic heterocycles. The Morgan fingerprint density at radius 1 is 1.86 bits per heavy atom. The fourth-order valence-electron chi connectivity index (χ4n) is 0.345. The molecule has 1 aromatic heterocycles. The molecule has 0 aromatic carbocycles. The van der Waals surface area contributed by atoms with Gasteiger partial charge in [-0.1, -0.05) is 0 Å². The van der Waals surface area contributed by atoms with Gasteiger partial charge in [-0.2, -0.15) is 12.6 Å². The number of thiol groups is 1. The summed E-state index contributed by atoms with van der Waals surface area (Å²) in [5.41, 5.74) is 1.19. The van der Waals surface area contributed by atoms with Crippen molar-refractivity contribution in [2.45, 2.75) is 5.75 Å². The van der Waals surface area contributed by atoms with Crippen LogP contribution in [0.3, 0.4) is 0 Å². The van der Waals surface area contributed by atoms with E-state index >= 15 is 0 Å². The SMILES string of the molecule is SCc1[c]scc1. The van der Waals surface area contributed by atoms with Gasteiger partial charge in [0.2, 0.25) is 0 Å². The summed E-state index contributed by atoms with van der Waals surface area (Å²) < 4.78 is 0. The maximum Gasteiger partial charge on any atom is 0.0485 e. The average Bonchev–Trinajstić information content (AvgIpc) is 2.14. The molecule has 1 heterocycles. The van der Waals surface area contributed by atoms with E-state index in [1.54, 1.807) is 11.3 Å². The van der Waals surface area contributed by atoms with Crippen LogP contribution in [0.4, 0.5) is 0 Å². The van der Waals surface area contributed by atoms with Gasteiger partial charge in [0.15, 0.2) is 0 Å². The van der Waals surface area contributed by atoms with Crippen LogP contribution in [0.5, 0.6) is 0 Å². The van der Waals surface area contributed by atoms with E-state index in [-0.39, 0.29) is 0 Å². The van der Waals surface area contributed by atoms with Crippen molar-refractivity contribution in [2.75, 3.05) is 0 Å². The minimum atomic E-state index is 0.809. The highest BCUT2D eigenvalue weighted by molar-refractivity contribution is 7.79. The van der Waals surface area contributed by atoms with Gasteiger partial charge < -0.3 is 0 Å². The van der Waals surface area contributed by atoms with Gasteiger partial charge in [-0.05, 0) is 17.0 Å². The molecule has 37 valence electrons. The van der Waals surface area contributed by atoms with Gasteiger partial charge in [0.25, 0.3) is 0 Å². The summed E-state index contributed by atoms with van der Waals surface area (Å²) in [5, 5.41) is 5.06. The highest BCUT2D eigenvalue weighted by Crippen LogP contribution is 2.05. The molecule has 0 N–H and O–H groups in total. The highest BCUT2D eigenvalue weighted by Gasteiger charge is 1.84. The summed E-state index contributed by atoms with van der Waals surface area (Å²) in [5.74, 6) is 0.809. The van der Waals surface area contributed by atoms with Crippen LogP contribution in [0.1, 0.15) is 5.56 Å². The second-order valence-electron chi connectivity index (χ2n) is 1.21. The first-order valence-corrected chi connectivity index (χ1v) is 3.49. The molecule has 7 heavy (non-hydrogen) atoms. The maximum absolute atomic E-state index is 4.05. The average molecular weight is 129 g/mol. The van der Waals surface area contributed by atoms with Crippen LogP contribution in [0.2, 0.25) is 0 Å². The van der Waals surface area contributed by atoms with Crippen LogP contribution >= 0.6 is 24.0 Å². The molecular formula is C5H5S2. The molecule has 0 spiro atoms. The molecule has 1 rings (SSSR count). The minimum Gasteiger partial charge on any atom is -0.174 e. The standard InChI is InChI=1S/C5H5S2/c6-3-5-1-2-7-4-5/h1-2,6H,3H2. The van der Waals surface area contributed by atoms with Crippen molar-refractivity contribution in [3.63, 3.8) is 0 Å². The summed E-state index contributed by atoms with van der Waals surface area (Å²) >= 11 is 5.64. The number of hydrogen-bond acceptors (Lipinski definition) is 2. The first-order valence-electron chi connectivity index (χ1n) is 1.98. The van der Waals surface area contributed by atoms with Crippen molar-refractivity contribution in [3.8, 4) is 0 Å². The van der Waals surface area contributed by atoms with E-state index in [2.05, 4.69) is 18.0 Å². The van der Waals surface area contributed by atoms with Crippen molar-refractivity contribution in [2.24, 2.45) is 0 Å². The van der Waals surface area contributed by atoms with Crippen LogP contribution in [-0.4, -0.2) is 0 Å². The second kappa shape index (κ2) is 2.38. The molecule has 1 radical (unpaired) electrons. The third-order valence-corrected chi connectivity index (χ3v) is 1.69. The molecule has 0 saturated heterocycles. The van der Waals surface area contributed by atoms with Gasteiger partial charge in [-0.25, -0.2) is 0 Å². The van der Waals surface area contributed by atoms with Crippen molar-refractivity contribution < 1.29 is 0 Å². The Labute approximate surface area is 52.6 Å². The molecule has 0 fully saturated rings. The van der Waals surface area contributed by atoms with Crippen molar-refractivity contribution in [3.05, 3.63) is 22.4 Å². The fraction of sp³-hybridized carbons (Fsp3) is 0.200. The molecule has 0 aliphatic carbocycles. The lowest BCUT2D eigenvalue weighted by molar-refractivity contribution is 1.49. The summed E-state index contributed by atoms with van der Waals surface area (Å²) in [7, 11) is 0. The zero-order chi connectivity index (χ0) is 5.11. The predicted molar refractivity (Wildman–Crippen MR) is 35.8 cm³/mol. The molecular weight excluding hydrogens is 124 g/mol. The number of thiophene rings is 1. The Morgan fingerprint density at radius 2 is 2.71 bits per heavy atom. The van der Waals surface area contributed by atoms with E-state index in [1.807, 2.05) is 11.4 Å². The molecule has 0 saturated carbocycles. The summed E-state index contributed by atoms with van der Waals surface area (Å²) in [4.78, 5) is 0. The lowest BCUT2D eigenvalue weighted by atomic mass is 10.4. The van der Waals surface area contributed by atoms with E-state index in [4.69, 9.17) is 0 Å². The van der Waals surface area contributed by atoms with Crippen molar-refractivity contribution in [1.29, 1.82) is 0 Å². The van der Waals surface area contributed by atoms with Gasteiger partial charge in [0, 0.05) is 11.1 Å². The van der Waals surface area contributed by atoms with Gasteiger partial charge in [-0.15, -0.1) is 11.3 Å². The van der Waals surface area contributed by atoms with Gasteiger partial charge in [0.05, 0.1) is 0 Å². The first kappa shape index (κ1) is 5.19. The topological polar surface area (TPSA) is 0 Å². The quantitative estimate of drug-likeness (QED) is 0.551. The maximum atomic E-state index is 4.05. The van der Waals surface area contributed by atoms with Gasteiger partial charge in [-0.3, -0.25) is 0 Å². The van der Waals surface area contributed by atoms with E-state index < -0.39 is 0 Å². The Balaban J connectivity index is 2.76. The molecule has 2 heteroatoms. The zero-order valence-electron chi connectivity index (χ0n) is 3.72. The third-order valence-electron chi connectivity index (χ3n) is 0.698. The van der Waals surface area contributed by atoms with E-state index in [0.29, 0.717) is 0 Å². The van der Waals surface area contributed by atoms with Crippen LogP contribution in [-0.2, 0) is 5.75 Å². The second-order valence-corrected chi connectivity index (χ2v) is 2.23. The Hall–Kier alpha value is 0.0500. The summed E-state index contributed by atoms with van der Waals surface area (Å²) in [6.07, 6.45) is 0. The number of rotatable bonds is 1. The van der Waals surface area contributed by atoms with Crippen molar-refractivity contribution >= 4 is 24.0 Å². The molecule has 0 unspecified atom stereocenters. The highest BCUT2D eigenvalue weighted by atomic mass is 32.1. The number of hydrogen-bond donors (Lipinski definition) is 1. The molecule has 0 aliphatic rings. The van der Waals surface area contributed by atoms with E-state index in [1.165, 1.54) is 5.56 Å². The smallest absolute Gasteiger partial charge is 0.0485 e. The summed E-state index contributed by atoms with van der Waals surface area (Å²) in [6.45, 7) is 0. The monoisotopic (exact) mass is 129 g/mol. The summed E-state index contributed by atoms with van der Waals surface area (Å²) in [6, 6.07) is 2.03. The fourth-order valence-corrected chi connectivity index (χ4v) is 1.23. The van der Waals surface area contributed by atoms with Crippen molar-refractivity contribution in [1.82, 2.24) is 0 Å². The largest absolute Gasteiger partial charge is 0.174 e. The lowest BCUT2D eigenvalue weighted by Gasteiger charge is -1.77. The van der Waals surface area contributed by atoms with Crippen LogP contribution in [0.15, 0.2) is 11.4 Å². The molecule has 1 aromatic rings. The molecule has 0 amide bonds. The first-order chi connectivity index (χ1) is 3.43. The molecule has 0 nitrogen and oxygen atoms in total. The van der Waals surface area contributed by atoms with Crippen LogP contribution in [0.25, 0.3) is 0 Å². The predicted octanol–water partition coefficient (Wildman–Crippen LogP) is 1.98.